The third kappa shape index (κ3) is 2.79. The summed E-state index contributed by atoms with van der Waals surface area (Å²) < 4.78 is 18.9. The molecule has 0 bridgehead atoms. The topological polar surface area (TPSA) is 45.5 Å². The normalized spacial score (nSPS) is 21.0. The fourth-order valence-electron chi connectivity index (χ4n) is 3.01. The minimum Gasteiger partial charge on any atom is -0.379 e. The molecule has 0 radical (unpaired) electrons. The molecule has 5 heteroatoms. The number of aromatic nitrogens is 2. The summed E-state index contributed by atoms with van der Waals surface area (Å²) in [5.41, 5.74) is 3.53. The fraction of sp³-hybridized carbons (Fsp3) is 0.471. The Bertz CT molecular complexity index is 647. The van der Waals surface area contributed by atoms with Gasteiger partial charge < -0.3 is 18.8 Å². The van der Waals surface area contributed by atoms with Crippen LogP contribution in [0.15, 0.2) is 30.5 Å². The lowest BCUT2D eigenvalue weighted by Crippen LogP contribution is -2.17. The fourth-order valence-corrected chi connectivity index (χ4v) is 3.01. The van der Waals surface area contributed by atoms with Gasteiger partial charge >= 0.3 is 0 Å². The van der Waals surface area contributed by atoms with Crippen LogP contribution in [0.5, 0.6) is 0 Å². The molecule has 116 valence electrons. The minimum absolute atomic E-state index is 0.239. The van der Waals surface area contributed by atoms with E-state index in [1.807, 2.05) is 6.20 Å². The molecule has 0 N–H and O–H groups in total. The first-order chi connectivity index (χ1) is 10.9. The van der Waals surface area contributed by atoms with Crippen molar-refractivity contribution < 1.29 is 14.2 Å². The molecule has 0 amide bonds. The zero-order valence-corrected chi connectivity index (χ0v) is 12.5. The molecule has 1 saturated heterocycles. The van der Waals surface area contributed by atoms with Crippen molar-refractivity contribution in [2.75, 3.05) is 19.8 Å². The van der Waals surface area contributed by atoms with E-state index in [2.05, 4.69) is 33.8 Å². The molecule has 3 heterocycles. The van der Waals surface area contributed by atoms with Gasteiger partial charge in [-0.3, -0.25) is 0 Å². The van der Waals surface area contributed by atoms with Crippen molar-refractivity contribution >= 4 is 0 Å². The summed E-state index contributed by atoms with van der Waals surface area (Å²) in [7, 11) is 0. The average molecular weight is 300 g/mol. The summed E-state index contributed by atoms with van der Waals surface area (Å²) in [6.07, 6.45) is 3.17. The second-order valence-corrected chi connectivity index (χ2v) is 5.76. The summed E-state index contributed by atoms with van der Waals surface area (Å²) >= 11 is 0. The lowest BCUT2D eigenvalue weighted by molar-refractivity contribution is 0.0318. The van der Waals surface area contributed by atoms with Crippen LogP contribution >= 0.6 is 0 Å². The van der Waals surface area contributed by atoms with Gasteiger partial charge in [0.15, 0.2) is 0 Å². The van der Waals surface area contributed by atoms with Crippen molar-refractivity contribution in [3.05, 3.63) is 41.9 Å². The van der Waals surface area contributed by atoms with Crippen LogP contribution in [0.3, 0.4) is 0 Å². The van der Waals surface area contributed by atoms with Crippen LogP contribution in [0.2, 0.25) is 0 Å². The lowest BCUT2D eigenvalue weighted by Gasteiger charge is -2.17. The Hall–Kier alpha value is -1.69. The van der Waals surface area contributed by atoms with Gasteiger partial charge in [0.25, 0.3) is 0 Å². The van der Waals surface area contributed by atoms with Gasteiger partial charge in [-0.25, -0.2) is 4.98 Å². The third-order valence-electron chi connectivity index (χ3n) is 4.22. The zero-order valence-electron chi connectivity index (χ0n) is 12.5. The maximum absolute atomic E-state index is 5.91. The predicted octanol–water partition coefficient (Wildman–Crippen LogP) is 2.39. The molecule has 5 nitrogen and oxygen atoms in total. The van der Waals surface area contributed by atoms with Gasteiger partial charge in [0.1, 0.15) is 12.4 Å². The van der Waals surface area contributed by atoms with Crippen molar-refractivity contribution in [1.29, 1.82) is 0 Å². The third-order valence-corrected chi connectivity index (χ3v) is 4.22. The number of fused-ring (bicyclic) bond motifs is 1. The first-order valence-corrected chi connectivity index (χ1v) is 7.81. The van der Waals surface area contributed by atoms with Gasteiger partial charge in [0.05, 0.1) is 37.8 Å². The monoisotopic (exact) mass is 300 g/mol. The Morgan fingerprint density at radius 3 is 3.18 bits per heavy atom. The SMILES string of the molecule is c1cc(COC2CCOC2)cc(-c2cnc3n2CCOC3)c1. The maximum atomic E-state index is 5.91. The van der Waals surface area contributed by atoms with Crippen molar-refractivity contribution in [3.8, 4) is 11.3 Å². The molecule has 0 saturated carbocycles. The smallest absolute Gasteiger partial charge is 0.135 e. The number of rotatable bonds is 4. The Kier molecular flexibility index (Phi) is 3.93. The number of hydrogen-bond acceptors (Lipinski definition) is 4. The van der Waals surface area contributed by atoms with Crippen LogP contribution in [0, 0.1) is 0 Å². The summed E-state index contributed by atoms with van der Waals surface area (Å²) in [6, 6.07) is 8.51. The molecule has 2 aliphatic rings. The molecule has 0 aliphatic carbocycles. The standard InChI is InChI=1S/C17H20N2O3/c1-2-13(10-22-15-4-6-20-11-15)8-14(3-1)16-9-18-17-12-21-7-5-19(16)17/h1-3,8-9,15H,4-7,10-12H2. The van der Waals surface area contributed by atoms with Crippen molar-refractivity contribution in [1.82, 2.24) is 9.55 Å². The zero-order chi connectivity index (χ0) is 14.8. The van der Waals surface area contributed by atoms with E-state index in [0.717, 1.165) is 44.3 Å². The van der Waals surface area contributed by atoms with E-state index >= 15 is 0 Å². The van der Waals surface area contributed by atoms with Crippen molar-refractivity contribution in [2.45, 2.75) is 32.3 Å². The maximum Gasteiger partial charge on any atom is 0.135 e. The number of imidazole rings is 1. The van der Waals surface area contributed by atoms with E-state index in [1.54, 1.807) is 0 Å². The van der Waals surface area contributed by atoms with Gasteiger partial charge in [0.2, 0.25) is 0 Å². The molecule has 1 unspecified atom stereocenters. The highest BCUT2D eigenvalue weighted by Gasteiger charge is 2.17. The average Bonchev–Trinajstić information content (AvgIpc) is 3.23. The molecule has 4 rings (SSSR count). The van der Waals surface area contributed by atoms with E-state index in [0.29, 0.717) is 13.2 Å². The minimum atomic E-state index is 0.239. The lowest BCUT2D eigenvalue weighted by atomic mass is 10.1. The largest absolute Gasteiger partial charge is 0.379 e. The van der Waals surface area contributed by atoms with Crippen LogP contribution in [0.4, 0.5) is 0 Å². The van der Waals surface area contributed by atoms with Crippen LogP contribution in [-0.2, 0) is 34.0 Å². The second-order valence-electron chi connectivity index (χ2n) is 5.76. The molecule has 1 fully saturated rings. The van der Waals surface area contributed by atoms with Gasteiger partial charge in [-0.2, -0.15) is 0 Å². The van der Waals surface area contributed by atoms with Crippen molar-refractivity contribution in [3.63, 3.8) is 0 Å². The van der Waals surface area contributed by atoms with Gasteiger partial charge in [0, 0.05) is 18.7 Å². The number of nitrogens with zero attached hydrogens (tertiary/aromatic N) is 2. The Morgan fingerprint density at radius 2 is 2.27 bits per heavy atom. The van der Waals surface area contributed by atoms with Crippen LogP contribution < -0.4 is 0 Å². The Morgan fingerprint density at radius 1 is 1.27 bits per heavy atom. The van der Waals surface area contributed by atoms with Gasteiger partial charge in [-0.05, 0) is 18.1 Å². The number of benzene rings is 1. The molecule has 1 aromatic heterocycles. The Labute approximate surface area is 129 Å². The van der Waals surface area contributed by atoms with Crippen LogP contribution in [0.1, 0.15) is 17.8 Å². The highest BCUT2D eigenvalue weighted by Crippen LogP contribution is 2.24. The van der Waals surface area contributed by atoms with Crippen molar-refractivity contribution in [2.24, 2.45) is 0 Å². The van der Waals surface area contributed by atoms with E-state index < -0.39 is 0 Å². The van der Waals surface area contributed by atoms with Gasteiger partial charge in [-0.15, -0.1) is 0 Å². The molecule has 1 atom stereocenters. The second kappa shape index (κ2) is 6.20. The van der Waals surface area contributed by atoms with Crippen LogP contribution in [-0.4, -0.2) is 35.5 Å². The highest BCUT2D eigenvalue weighted by molar-refractivity contribution is 5.60. The van der Waals surface area contributed by atoms with E-state index in [-0.39, 0.29) is 6.10 Å². The summed E-state index contributed by atoms with van der Waals surface area (Å²) in [5, 5.41) is 0. The number of ether oxygens (including phenoxy) is 3. The first kappa shape index (κ1) is 13.9. The van der Waals surface area contributed by atoms with Gasteiger partial charge in [-0.1, -0.05) is 18.2 Å². The van der Waals surface area contributed by atoms with E-state index in [1.165, 1.54) is 11.1 Å². The highest BCUT2D eigenvalue weighted by atomic mass is 16.5. The summed E-state index contributed by atoms with van der Waals surface area (Å²) in [4.78, 5) is 4.46. The Balaban J connectivity index is 1.52. The molecule has 2 aliphatic heterocycles. The molecular formula is C17H20N2O3. The summed E-state index contributed by atoms with van der Waals surface area (Å²) in [6.45, 7) is 4.38. The predicted molar refractivity (Wildman–Crippen MR) is 81.3 cm³/mol. The van der Waals surface area contributed by atoms with Crippen LogP contribution in [0.25, 0.3) is 11.3 Å². The molecule has 1 aromatic carbocycles. The van der Waals surface area contributed by atoms with E-state index in [4.69, 9.17) is 14.2 Å². The molecular weight excluding hydrogens is 280 g/mol. The molecule has 2 aromatic rings. The van der Waals surface area contributed by atoms with E-state index in [9.17, 15) is 0 Å². The summed E-state index contributed by atoms with van der Waals surface area (Å²) in [5.74, 6) is 1.01. The number of hydrogen-bond donors (Lipinski definition) is 0. The quantitative estimate of drug-likeness (QED) is 0.870. The first-order valence-electron chi connectivity index (χ1n) is 7.81. The molecule has 22 heavy (non-hydrogen) atoms. The molecule has 0 spiro atoms.